The average molecular weight is 140 g/mol. The quantitative estimate of drug-likeness (QED) is 0.568. The maximum absolute atomic E-state index is 7.03. The van der Waals surface area contributed by atoms with Crippen molar-refractivity contribution in [1.82, 2.24) is 0 Å². The first-order valence-corrected chi connectivity index (χ1v) is 3.78. The van der Waals surface area contributed by atoms with E-state index in [2.05, 4.69) is 11.9 Å². The molecule has 0 spiro atoms. The normalized spacial score (nSPS) is 13.8. The van der Waals surface area contributed by atoms with Gasteiger partial charge in [0.2, 0.25) is 0 Å². The lowest BCUT2D eigenvalue weighted by atomic mass is 10.1. The SMILES string of the molecule is CCCCC(C=N)C=NC. The number of aliphatic imine (C=N–C) groups is 1. The summed E-state index contributed by atoms with van der Waals surface area (Å²) in [4.78, 5) is 3.88. The van der Waals surface area contributed by atoms with Crippen LogP contribution in [-0.2, 0) is 0 Å². The summed E-state index contributed by atoms with van der Waals surface area (Å²) in [7, 11) is 1.75. The molecule has 0 bridgehead atoms. The van der Waals surface area contributed by atoms with Crippen molar-refractivity contribution in [1.29, 1.82) is 5.41 Å². The molecule has 0 aliphatic carbocycles. The van der Waals surface area contributed by atoms with Crippen LogP contribution in [0.5, 0.6) is 0 Å². The Morgan fingerprint density at radius 2 is 2.30 bits per heavy atom. The Morgan fingerprint density at radius 3 is 2.70 bits per heavy atom. The van der Waals surface area contributed by atoms with Gasteiger partial charge in [-0.3, -0.25) is 0 Å². The van der Waals surface area contributed by atoms with Crippen molar-refractivity contribution >= 4 is 12.4 Å². The number of nitrogens with one attached hydrogen (secondary N) is 1. The minimum absolute atomic E-state index is 0.268. The Bertz CT molecular complexity index is 108. The highest BCUT2D eigenvalue weighted by molar-refractivity contribution is 5.81. The Balaban J connectivity index is 3.49. The zero-order valence-electron chi connectivity index (χ0n) is 6.80. The summed E-state index contributed by atoms with van der Waals surface area (Å²) < 4.78 is 0. The van der Waals surface area contributed by atoms with Gasteiger partial charge in [-0.1, -0.05) is 19.8 Å². The highest BCUT2D eigenvalue weighted by atomic mass is 14.6. The van der Waals surface area contributed by atoms with Crippen molar-refractivity contribution in [3.05, 3.63) is 0 Å². The van der Waals surface area contributed by atoms with Gasteiger partial charge in [0, 0.05) is 25.4 Å². The topological polar surface area (TPSA) is 36.2 Å². The fourth-order valence-electron chi connectivity index (χ4n) is 0.832. The maximum atomic E-state index is 7.03. The molecule has 0 amide bonds. The van der Waals surface area contributed by atoms with Crippen molar-refractivity contribution in [2.45, 2.75) is 26.2 Å². The molecule has 2 nitrogen and oxygen atoms in total. The van der Waals surface area contributed by atoms with Crippen LogP contribution in [0.1, 0.15) is 26.2 Å². The van der Waals surface area contributed by atoms with Gasteiger partial charge in [0.15, 0.2) is 0 Å². The van der Waals surface area contributed by atoms with E-state index in [1.54, 1.807) is 7.05 Å². The van der Waals surface area contributed by atoms with E-state index in [0.29, 0.717) is 0 Å². The lowest BCUT2D eigenvalue weighted by Crippen LogP contribution is -2.02. The highest BCUT2D eigenvalue weighted by Crippen LogP contribution is 2.02. The second-order valence-electron chi connectivity index (χ2n) is 2.38. The molecule has 1 atom stereocenters. The predicted octanol–water partition coefficient (Wildman–Crippen LogP) is 2.14. The van der Waals surface area contributed by atoms with Crippen molar-refractivity contribution < 1.29 is 0 Å². The smallest absolute Gasteiger partial charge is 0.0285 e. The van der Waals surface area contributed by atoms with Gasteiger partial charge in [0.05, 0.1) is 0 Å². The third kappa shape index (κ3) is 4.24. The van der Waals surface area contributed by atoms with E-state index < -0.39 is 0 Å². The Kier molecular flexibility index (Phi) is 6.03. The predicted molar refractivity (Wildman–Crippen MR) is 46.2 cm³/mol. The summed E-state index contributed by atoms with van der Waals surface area (Å²) >= 11 is 0. The third-order valence-electron chi connectivity index (χ3n) is 1.45. The summed E-state index contributed by atoms with van der Waals surface area (Å²) in [5, 5.41) is 7.03. The molecule has 0 fully saturated rings. The molecule has 0 saturated heterocycles. The van der Waals surface area contributed by atoms with Crippen molar-refractivity contribution in [2.75, 3.05) is 7.05 Å². The molecule has 1 N–H and O–H groups in total. The summed E-state index contributed by atoms with van der Waals surface area (Å²) in [6.07, 6.45) is 6.75. The van der Waals surface area contributed by atoms with Crippen LogP contribution in [0.25, 0.3) is 0 Å². The fraction of sp³-hybridized carbons (Fsp3) is 0.750. The van der Waals surface area contributed by atoms with Gasteiger partial charge >= 0.3 is 0 Å². The highest BCUT2D eigenvalue weighted by Gasteiger charge is 1.98. The van der Waals surface area contributed by atoms with Gasteiger partial charge in [-0.05, 0) is 6.42 Å². The molecular weight excluding hydrogens is 124 g/mol. The van der Waals surface area contributed by atoms with E-state index in [4.69, 9.17) is 5.41 Å². The van der Waals surface area contributed by atoms with E-state index in [-0.39, 0.29) is 5.92 Å². The molecular formula is C8H16N2. The second-order valence-corrected chi connectivity index (χ2v) is 2.38. The first-order valence-electron chi connectivity index (χ1n) is 3.78. The molecule has 0 aliphatic rings. The summed E-state index contributed by atoms with van der Waals surface area (Å²) in [5.74, 6) is 0.268. The Morgan fingerprint density at radius 1 is 1.60 bits per heavy atom. The largest absolute Gasteiger partial charge is 0.312 e. The van der Waals surface area contributed by atoms with E-state index in [0.717, 1.165) is 6.42 Å². The van der Waals surface area contributed by atoms with Gasteiger partial charge in [-0.15, -0.1) is 0 Å². The standard InChI is InChI=1S/C8H16N2/c1-3-4-5-8(6-9)7-10-2/h6-9H,3-5H2,1-2H3. The third-order valence-corrected chi connectivity index (χ3v) is 1.45. The average Bonchev–Trinajstić information content (AvgIpc) is 1.98. The first-order chi connectivity index (χ1) is 4.85. The van der Waals surface area contributed by atoms with Crippen LogP contribution in [-0.4, -0.2) is 19.5 Å². The molecule has 0 aliphatic heterocycles. The van der Waals surface area contributed by atoms with E-state index in [1.807, 2.05) is 6.21 Å². The summed E-state index contributed by atoms with van der Waals surface area (Å²) in [6.45, 7) is 2.16. The number of nitrogens with zero attached hydrogens (tertiary/aromatic N) is 1. The number of unbranched alkanes of at least 4 members (excludes halogenated alkanes) is 1. The summed E-state index contributed by atoms with van der Waals surface area (Å²) in [5.41, 5.74) is 0. The van der Waals surface area contributed by atoms with Gasteiger partial charge in [0.1, 0.15) is 0 Å². The number of hydrogen-bond donors (Lipinski definition) is 1. The molecule has 58 valence electrons. The van der Waals surface area contributed by atoms with Crippen molar-refractivity contribution in [2.24, 2.45) is 10.9 Å². The molecule has 0 heterocycles. The van der Waals surface area contributed by atoms with E-state index in [1.165, 1.54) is 19.1 Å². The van der Waals surface area contributed by atoms with Gasteiger partial charge < -0.3 is 10.4 Å². The number of hydrogen-bond acceptors (Lipinski definition) is 2. The Labute approximate surface area is 62.9 Å². The fourth-order valence-corrected chi connectivity index (χ4v) is 0.832. The molecule has 0 aromatic rings. The lowest BCUT2D eigenvalue weighted by molar-refractivity contribution is 0.696. The monoisotopic (exact) mass is 140 g/mol. The van der Waals surface area contributed by atoms with E-state index in [9.17, 15) is 0 Å². The van der Waals surface area contributed by atoms with Gasteiger partial charge in [0.25, 0.3) is 0 Å². The lowest BCUT2D eigenvalue weighted by Gasteiger charge is -2.01. The Hall–Kier alpha value is -0.660. The molecule has 0 aromatic carbocycles. The van der Waals surface area contributed by atoms with Crippen LogP contribution in [0.2, 0.25) is 0 Å². The van der Waals surface area contributed by atoms with Crippen molar-refractivity contribution in [3.8, 4) is 0 Å². The van der Waals surface area contributed by atoms with Crippen LogP contribution in [0.15, 0.2) is 4.99 Å². The summed E-state index contributed by atoms with van der Waals surface area (Å²) in [6, 6.07) is 0. The zero-order chi connectivity index (χ0) is 7.82. The van der Waals surface area contributed by atoms with E-state index >= 15 is 0 Å². The van der Waals surface area contributed by atoms with Crippen LogP contribution in [0, 0.1) is 11.3 Å². The molecule has 0 aromatic heterocycles. The number of rotatable bonds is 5. The molecule has 0 saturated carbocycles. The van der Waals surface area contributed by atoms with Gasteiger partial charge in [-0.2, -0.15) is 0 Å². The van der Waals surface area contributed by atoms with Gasteiger partial charge in [-0.25, -0.2) is 0 Å². The molecule has 0 radical (unpaired) electrons. The molecule has 0 rings (SSSR count). The molecule has 2 heteroatoms. The maximum Gasteiger partial charge on any atom is 0.0285 e. The van der Waals surface area contributed by atoms with Crippen LogP contribution in [0.3, 0.4) is 0 Å². The molecule has 1 unspecified atom stereocenters. The van der Waals surface area contributed by atoms with Crippen LogP contribution < -0.4 is 0 Å². The minimum Gasteiger partial charge on any atom is -0.312 e. The van der Waals surface area contributed by atoms with Crippen LogP contribution >= 0.6 is 0 Å². The van der Waals surface area contributed by atoms with Crippen molar-refractivity contribution in [3.63, 3.8) is 0 Å². The van der Waals surface area contributed by atoms with Crippen LogP contribution in [0.4, 0.5) is 0 Å². The zero-order valence-corrected chi connectivity index (χ0v) is 6.80. The first kappa shape index (κ1) is 9.34. The second kappa shape index (κ2) is 6.46. The molecule has 10 heavy (non-hydrogen) atoms. The minimum atomic E-state index is 0.268.